The van der Waals surface area contributed by atoms with Crippen LogP contribution in [-0.2, 0) is 17.7 Å². The highest BCUT2D eigenvalue weighted by Gasteiger charge is 2.26. The minimum Gasteiger partial charge on any atom is -0.454 e. The van der Waals surface area contributed by atoms with Gasteiger partial charge < -0.3 is 24.0 Å². The lowest BCUT2D eigenvalue weighted by atomic mass is 9.99. The molecule has 0 radical (unpaired) electrons. The van der Waals surface area contributed by atoms with Crippen LogP contribution in [0.25, 0.3) is 11.0 Å². The molecule has 0 amide bonds. The zero-order valence-corrected chi connectivity index (χ0v) is 16.9. The molecule has 1 aromatic carbocycles. The normalized spacial score (nSPS) is 18.0. The molecule has 0 N–H and O–H groups in total. The first-order chi connectivity index (χ1) is 14.8. The summed E-state index contributed by atoms with van der Waals surface area (Å²) in [4.78, 5) is 22.4. The van der Waals surface area contributed by atoms with Crippen molar-refractivity contribution in [3.8, 4) is 11.5 Å². The fraction of sp³-hybridized carbons (Fsp3) is 0.400. The molecule has 0 saturated carbocycles. The maximum absolute atomic E-state index is 6.31. The van der Waals surface area contributed by atoms with Gasteiger partial charge in [-0.15, -0.1) is 0 Å². The van der Waals surface area contributed by atoms with E-state index < -0.39 is 0 Å². The highest BCUT2D eigenvalue weighted by molar-refractivity contribution is 6.29. The predicted octanol–water partition coefficient (Wildman–Crippen LogP) is 2.20. The SMILES string of the molecule is Clc1nc(N2CCOCC2)c2ncnc(N3CCc4cc5c(cc4C3)OCO5)c2n1. The third-order valence-corrected chi connectivity index (χ3v) is 5.90. The second kappa shape index (κ2) is 7.10. The maximum Gasteiger partial charge on any atom is 0.231 e. The molecule has 0 atom stereocenters. The summed E-state index contributed by atoms with van der Waals surface area (Å²) in [6.07, 6.45) is 2.46. The van der Waals surface area contributed by atoms with Gasteiger partial charge in [-0.1, -0.05) is 0 Å². The minimum atomic E-state index is 0.195. The molecular weight excluding hydrogens is 408 g/mol. The van der Waals surface area contributed by atoms with Crippen LogP contribution in [0.3, 0.4) is 0 Å². The Morgan fingerprint density at radius 1 is 0.833 bits per heavy atom. The third-order valence-electron chi connectivity index (χ3n) is 5.73. The van der Waals surface area contributed by atoms with Crippen LogP contribution < -0.4 is 19.3 Å². The molecule has 0 aliphatic carbocycles. The van der Waals surface area contributed by atoms with Gasteiger partial charge in [0.1, 0.15) is 17.4 Å². The molecule has 3 aliphatic rings. The molecule has 10 heteroatoms. The molecule has 2 aromatic heterocycles. The van der Waals surface area contributed by atoms with Crippen LogP contribution in [0.2, 0.25) is 5.28 Å². The molecule has 1 saturated heterocycles. The van der Waals surface area contributed by atoms with E-state index in [1.54, 1.807) is 6.33 Å². The Labute approximate surface area is 177 Å². The smallest absolute Gasteiger partial charge is 0.231 e. The standard InChI is InChI=1S/C20H19ClN6O3/c21-20-24-17-16(19(25-20)26-3-5-28-6-4-26)22-10-23-18(17)27-2-1-12-7-14-15(30-11-29-14)8-13(12)9-27/h7-8,10H,1-6,9,11H2. The quantitative estimate of drug-likeness (QED) is 0.572. The number of hydrogen-bond acceptors (Lipinski definition) is 9. The second-order valence-electron chi connectivity index (χ2n) is 7.46. The summed E-state index contributed by atoms with van der Waals surface area (Å²) < 4.78 is 16.5. The summed E-state index contributed by atoms with van der Waals surface area (Å²) in [5, 5.41) is 0.195. The summed E-state index contributed by atoms with van der Waals surface area (Å²) in [5.74, 6) is 3.12. The Bertz CT molecular complexity index is 1140. The Kier molecular flexibility index (Phi) is 4.24. The van der Waals surface area contributed by atoms with Crippen molar-refractivity contribution in [1.82, 2.24) is 19.9 Å². The molecule has 30 heavy (non-hydrogen) atoms. The van der Waals surface area contributed by atoms with Crippen LogP contribution in [0.5, 0.6) is 11.5 Å². The lowest BCUT2D eigenvalue weighted by molar-refractivity contribution is 0.122. The fourth-order valence-electron chi connectivity index (χ4n) is 4.25. The highest BCUT2D eigenvalue weighted by Crippen LogP contribution is 2.38. The molecule has 1 fully saturated rings. The number of aromatic nitrogens is 4. The average molecular weight is 427 g/mol. The molecule has 0 bridgehead atoms. The number of anilines is 2. The first-order valence-corrected chi connectivity index (χ1v) is 10.3. The van der Waals surface area contributed by atoms with E-state index >= 15 is 0 Å². The molecular formula is C20H19ClN6O3. The summed E-state index contributed by atoms with van der Waals surface area (Å²) in [5.41, 5.74) is 3.85. The molecule has 3 aliphatic heterocycles. The van der Waals surface area contributed by atoms with Crippen molar-refractivity contribution in [2.75, 3.05) is 49.4 Å². The van der Waals surface area contributed by atoms with Crippen LogP contribution in [0.4, 0.5) is 11.6 Å². The van der Waals surface area contributed by atoms with Gasteiger partial charge in [0.25, 0.3) is 0 Å². The molecule has 0 spiro atoms. The second-order valence-corrected chi connectivity index (χ2v) is 7.79. The summed E-state index contributed by atoms with van der Waals surface area (Å²) in [7, 11) is 0. The summed E-state index contributed by atoms with van der Waals surface area (Å²) in [6.45, 7) is 4.58. The van der Waals surface area contributed by atoms with Crippen LogP contribution in [0, 0.1) is 0 Å². The zero-order chi connectivity index (χ0) is 20.1. The molecule has 5 heterocycles. The number of morpholine rings is 1. The van der Waals surface area contributed by atoms with Gasteiger partial charge in [0.15, 0.2) is 23.1 Å². The number of benzene rings is 1. The molecule has 3 aromatic rings. The van der Waals surface area contributed by atoms with E-state index in [-0.39, 0.29) is 12.1 Å². The number of halogens is 1. The van der Waals surface area contributed by atoms with Crippen molar-refractivity contribution < 1.29 is 14.2 Å². The lowest BCUT2D eigenvalue weighted by Gasteiger charge is -2.31. The monoisotopic (exact) mass is 426 g/mol. The molecule has 0 unspecified atom stereocenters. The minimum absolute atomic E-state index is 0.195. The van der Waals surface area contributed by atoms with E-state index in [1.807, 2.05) is 0 Å². The third kappa shape index (κ3) is 2.96. The summed E-state index contributed by atoms with van der Waals surface area (Å²) in [6, 6.07) is 4.15. The maximum atomic E-state index is 6.31. The first-order valence-electron chi connectivity index (χ1n) is 9.93. The molecule has 9 nitrogen and oxygen atoms in total. The van der Waals surface area contributed by atoms with Crippen LogP contribution in [0.15, 0.2) is 18.5 Å². The zero-order valence-electron chi connectivity index (χ0n) is 16.2. The van der Waals surface area contributed by atoms with Gasteiger partial charge in [-0.3, -0.25) is 0 Å². The van der Waals surface area contributed by atoms with Crippen molar-refractivity contribution in [3.63, 3.8) is 0 Å². The van der Waals surface area contributed by atoms with Gasteiger partial charge in [0, 0.05) is 26.2 Å². The Hall–Kier alpha value is -2.91. The van der Waals surface area contributed by atoms with Crippen LogP contribution in [-0.4, -0.2) is 59.6 Å². The van der Waals surface area contributed by atoms with Crippen molar-refractivity contribution in [2.45, 2.75) is 13.0 Å². The van der Waals surface area contributed by atoms with E-state index in [9.17, 15) is 0 Å². The first kappa shape index (κ1) is 17.9. The number of fused-ring (bicyclic) bond motifs is 3. The van der Waals surface area contributed by atoms with Crippen molar-refractivity contribution >= 4 is 34.3 Å². The number of rotatable bonds is 2. The van der Waals surface area contributed by atoms with E-state index in [0.29, 0.717) is 30.8 Å². The van der Waals surface area contributed by atoms with E-state index in [0.717, 1.165) is 49.2 Å². The van der Waals surface area contributed by atoms with E-state index in [4.69, 9.17) is 25.8 Å². The van der Waals surface area contributed by atoms with E-state index in [1.165, 1.54) is 11.1 Å². The number of hydrogen-bond donors (Lipinski definition) is 0. The molecule has 6 rings (SSSR count). The van der Waals surface area contributed by atoms with Gasteiger partial charge in [-0.2, -0.15) is 4.98 Å². The molecule has 154 valence electrons. The number of ether oxygens (including phenoxy) is 3. The highest BCUT2D eigenvalue weighted by atomic mass is 35.5. The van der Waals surface area contributed by atoms with Gasteiger partial charge in [0.2, 0.25) is 12.1 Å². The Morgan fingerprint density at radius 2 is 1.63 bits per heavy atom. The Morgan fingerprint density at radius 3 is 2.47 bits per heavy atom. The van der Waals surface area contributed by atoms with Gasteiger partial charge in [-0.25, -0.2) is 15.0 Å². The van der Waals surface area contributed by atoms with E-state index in [2.05, 4.69) is 41.9 Å². The van der Waals surface area contributed by atoms with Crippen molar-refractivity contribution in [1.29, 1.82) is 0 Å². The van der Waals surface area contributed by atoms with Crippen LogP contribution >= 0.6 is 11.6 Å². The topological polar surface area (TPSA) is 85.7 Å². The fourth-order valence-corrected chi connectivity index (χ4v) is 4.41. The van der Waals surface area contributed by atoms with Crippen molar-refractivity contribution in [3.05, 3.63) is 34.9 Å². The van der Waals surface area contributed by atoms with Crippen LogP contribution in [0.1, 0.15) is 11.1 Å². The van der Waals surface area contributed by atoms with Crippen molar-refractivity contribution in [2.24, 2.45) is 0 Å². The number of nitrogens with zero attached hydrogens (tertiary/aromatic N) is 6. The largest absolute Gasteiger partial charge is 0.454 e. The van der Waals surface area contributed by atoms with Gasteiger partial charge in [-0.05, 0) is 41.3 Å². The summed E-state index contributed by atoms with van der Waals surface area (Å²) >= 11 is 6.31. The van der Waals surface area contributed by atoms with Gasteiger partial charge in [0.05, 0.1) is 13.2 Å². The van der Waals surface area contributed by atoms with Gasteiger partial charge >= 0.3 is 0 Å². The average Bonchev–Trinajstić information content (AvgIpc) is 3.24. The predicted molar refractivity (Wildman–Crippen MR) is 110 cm³/mol. The Balaban J connectivity index is 1.40. The lowest BCUT2D eigenvalue weighted by Crippen LogP contribution is -2.37.